The lowest BCUT2D eigenvalue weighted by atomic mass is 9.84. The van der Waals surface area contributed by atoms with Gasteiger partial charge in [-0.15, -0.1) is 0 Å². The van der Waals surface area contributed by atoms with Gasteiger partial charge in [0.05, 0.1) is 0 Å². The maximum absolute atomic E-state index is 10.4. The van der Waals surface area contributed by atoms with E-state index in [0.717, 1.165) is 22.4 Å². The van der Waals surface area contributed by atoms with E-state index in [0.29, 0.717) is 5.92 Å². The van der Waals surface area contributed by atoms with Crippen molar-refractivity contribution in [2.45, 2.75) is 38.0 Å². The van der Waals surface area contributed by atoms with Crippen molar-refractivity contribution < 1.29 is 14.6 Å². The van der Waals surface area contributed by atoms with Crippen LogP contribution in [0.4, 0.5) is 0 Å². The topological polar surface area (TPSA) is 46.5 Å². The molecule has 4 heteroatoms. The van der Waals surface area contributed by atoms with Gasteiger partial charge >= 0.3 is 5.97 Å². The van der Waals surface area contributed by atoms with Crippen LogP contribution in [-0.4, -0.2) is 17.7 Å². The van der Waals surface area contributed by atoms with Gasteiger partial charge in [-0.1, -0.05) is 30.9 Å². The molecule has 20 heavy (non-hydrogen) atoms. The standard InChI is InChI=1S/C16H19ClO3/c17-13-8-9-15(20-10-4-7-16(18)19)14(11-13)12-5-2-1-3-6-12/h4,7-9,11-12H,1-3,5-6,10H2,(H,18,19). The fourth-order valence-electron chi connectivity index (χ4n) is 2.67. The second-order valence-corrected chi connectivity index (χ2v) is 5.51. The number of ether oxygens (including phenoxy) is 1. The molecule has 108 valence electrons. The third-order valence-electron chi connectivity index (χ3n) is 3.61. The van der Waals surface area contributed by atoms with Crippen molar-refractivity contribution in [1.29, 1.82) is 0 Å². The van der Waals surface area contributed by atoms with Crippen molar-refractivity contribution >= 4 is 17.6 Å². The zero-order valence-electron chi connectivity index (χ0n) is 11.3. The van der Waals surface area contributed by atoms with Crippen LogP contribution in [0.15, 0.2) is 30.4 Å². The number of rotatable bonds is 5. The molecule has 0 heterocycles. The van der Waals surface area contributed by atoms with Crippen LogP contribution in [0.3, 0.4) is 0 Å². The highest BCUT2D eigenvalue weighted by Crippen LogP contribution is 2.38. The van der Waals surface area contributed by atoms with Gasteiger partial charge in [0.25, 0.3) is 0 Å². The van der Waals surface area contributed by atoms with Crippen LogP contribution >= 0.6 is 11.6 Å². The lowest BCUT2D eigenvalue weighted by Crippen LogP contribution is -2.07. The van der Waals surface area contributed by atoms with Gasteiger partial charge in [-0.25, -0.2) is 4.79 Å². The molecule has 0 aliphatic heterocycles. The summed E-state index contributed by atoms with van der Waals surface area (Å²) in [5.74, 6) is 0.356. The van der Waals surface area contributed by atoms with E-state index < -0.39 is 5.97 Å². The van der Waals surface area contributed by atoms with Gasteiger partial charge in [0.2, 0.25) is 0 Å². The molecule has 1 N–H and O–H groups in total. The van der Waals surface area contributed by atoms with E-state index in [2.05, 4.69) is 0 Å². The van der Waals surface area contributed by atoms with E-state index in [1.807, 2.05) is 18.2 Å². The molecule has 2 rings (SSSR count). The van der Waals surface area contributed by atoms with Crippen LogP contribution in [0.1, 0.15) is 43.6 Å². The molecule has 1 aliphatic carbocycles. The first-order valence-electron chi connectivity index (χ1n) is 6.98. The molecular formula is C16H19ClO3. The SMILES string of the molecule is O=C(O)C=CCOc1ccc(Cl)cc1C1CCCCC1. The molecule has 0 amide bonds. The van der Waals surface area contributed by atoms with Crippen LogP contribution in [0.5, 0.6) is 5.75 Å². The molecule has 0 radical (unpaired) electrons. The van der Waals surface area contributed by atoms with E-state index in [1.54, 1.807) is 0 Å². The largest absolute Gasteiger partial charge is 0.489 e. The Hall–Kier alpha value is -1.48. The maximum Gasteiger partial charge on any atom is 0.328 e. The molecular weight excluding hydrogens is 276 g/mol. The second kappa shape index (κ2) is 7.34. The monoisotopic (exact) mass is 294 g/mol. The molecule has 0 bridgehead atoms. The van der Waals surface area contributed by atoms with E-state index >= 15 is 0 Å². The van der Waals surface area contributed by atoms with Gasteiger partial charge < -0.3 is 9.84 Å². The molecule has 1 aromatic rings. The highest BCUT2D eigenvalue weighted by atomic mass is 35.5. The van der Waals surface area contributed by atoms with E-state index in [9.17, 15) is 4.79 Å². The van der Waals surface area contributed by atoms with Crippen LogP contribution in [0.25, 0.3) is 0 Å². The summed E-state index contributed by atoms with van der Waals surface area (Å²) in [5, 5.41) is 9.27. The molecule has 1 aliphatic rings. The molecule has 0 spiro atoms. The molecule has 3 nitrogen and oxygen atoms in total. The van der Waals surface area contributed by atoms with Gasteiger partial charge in [-0.3, -0.25) is 0 Å². The quantitative estimate of drug-likeness (QED) is 0.818. The maximum atomic E-state index is 10.4. The number of carboxylic acid groups (broad SMARTS) is 1. The molecule has 0 saturated heterocycles. The summed E-state index contributed by atoms with van der Waals surface area (Å²) in [5.41, 5.74) is 1.15. The van der Waals surface area contributed by atoms with Crippen molar-refractivity contribution in [3.8, 4) is 5.75 Å². The van der Waals surface area contributed by atoms with Gasteiger partial charge in [0.1, 0.15) is 12.4 Å². The molecule has 0 atom stereocenters. The van der Waals surface area contributed by atoms with Crippen LogP contribution in [0.2, 0.25) is 5.02 Å². The van der Waals surface area contributed by atoms with Crippen molar-refractivity contribution in [1.82, 2.24) is 0 Å². The van der Waals surface area contributed by atoms with Gasteiger partial charge in [-0.05, 0) is 48.6 Å². The number of hydrogen-bond acceptors (Lipinski definition) is 2. The highest BCUT2D eigenvalue weighted by Gasteiger charge is 2.19. The average Bonchev–Trinajstić information content (AvgIpc) is 2.45. The van der Waals surface area contributed by atoms with Crippen molar-refractivity contribution in [2.75, 3.05) is 6.61 Å². The Morgan fingerprint density at radius 3 is 2.80 bits per heavy atom. The van der Waals surface area contributed by atoms with Crippen molar-refractivity contribution in [3.63, 3.8) is 0 Å². The minimum Gasteiger partial charge on any atom is -0.489 e. The zero-order valence-corrected chi connectivity index (χ0v) is 12.1. The molecule has 1 fully saturated rings. The molecule has 1 aromatic carbocycles. The van der Waals surface area contributed by atoms with E-state index in [4.69, 9.17) is 21.4 Å². The lowest BCUT2D eigenvalue weighted by molar-refractivity contribution is -0.131. The van der Waals surface area contributed by atoms with Crippen LogP contribution < -0.4 is 4.74 Å². The Morgan fingerprint density at radius 1 is 1.35 bits per heavy atom. The number of hydrogen-bond donors (Lipinski definition) is 1. The first-order chi connectivity index (χ1) is 9.66. The third-order valence-corrected chi connectivity index (χ3v) is 3.85. The summed E-state index contributed by atoms with van der Waals surface area (Å²) in [4.78, 5) is 10.4. The minimum absolute atomic E-state index is 0.258. The second-order valence-electron chi connectivity index (χ2n) is 5.07. The predicted octanol–water partition coefficient (Wildman–Crippen LogP) is 4.41. The number of carboxylic acids is 1. The summed E-state index contributed by atoms with van der Waals surface area (Å²) < 4.78 is 5.69. The van der Waals surface area contributed by atoms with E-state index in [-0.39, 0.29) is 6.61 Å². The number of aliphatic carboxylic acids is 1. The number of halogens is 1. The van der Waals surface area contributed by atoms with E-state index in [1.165, 1.54) is 38.2 Å². The third kappa shape index (κ3) is 4.27. The number of benzene rings is 1. The summed E-state index contributed by atoms with van der Waals surface area (Å²) in [6, 6.07) is 5.67. The van der Waals surface area contributed by atoms with Gasteiger partial charge in [0.15, 0.2) is 0 Å². The van der Waals surface area contributed by atoms with Crippen LogP contribution in [-0.2, 0) is 4.79 Å². The molecule has 1 saturated carbocycles. The zero-order chi connectivity index (χ0) is 14.4. The average molecular weight is 295 g/mol. The van der Waals surface area contributed by atoms with Gasteiger partial charge in [0, 0.05) is 11.1 Å². The van der Waals surface area contributed by atoms with Crippen molar-refractivity contribution in [2.24, 2.45) is 0 Å². The Bertz CT molecular complexity index is 490. The smallest absolute Gasteiger partial charge is 0.328 e. The predicted molar refractivity (Wildman–Crippen MR) is 79.5 cm³/mol. The summed E-state index contributed by atoms with van der Waals surface area (Å²) >= 11 is 6.09. The summed E-state index contributed by atoms with van der Waals surface area (Å²) in [6.45, 7) is 0.258. The number of carbonyl (C=O) groups is 1. The fourth-order valence-corrected chi connectivity index (χ4v) is 2.85. The Labute approximate surface area is 124 Å². The first-order valence-corrected chi connectivity index (χ1v) is 7.36. The molecule has 0 unspecified atom stereocenters. The molecule has 0 aromatic heterocycles. The normalized spacial score (nSPS) is 16.4. The summed E-state index contributed by atoms with van der Waals surface area (Å²) in [7, 11) is 0. The van der Waals surface area contributed by atoms with Gasteiger partial charge in [-0.2, -0.15) is 0 Å². The minimum atomic E-state index is -0.961. The Morgan fingerprint density at radius 2 is 2.10 bits per heavy atom. The first kappa shape index (κ1) is 14.9. The van der Waals surface area contributed by atoms with Crippen LogP contribution in [0, 0.1) is 0 Å². The highest BCUT2D eigenvalue weighted by molar-refractivity contribution is 6.30. The summed E-state index contributed by atoms with van der Waals surface area (Å²) in [6.07, 6.45) is 8.72. The van der Waals surface area contributed by atoms with Crippen molar-refractivity contribution in [3.05, 3.63) is 40.9 Å². The lowest BCUT2D eigenvalue weighted by Gasteiger charge is -2.24. The Balaban J connectivity index is 2.08. The Kier molecular flexibility index (Phi) is 5.48. The fraction of sp³-hybridized carbons (Fsp3) is 0.438.